The zero-order valence-corrected chi connectivity index (χ0v) is 18.0. The van der Waals surface area contributed by atoms with E-state index < -0.39 is 0 Å². The van der Waals surface area contributed by atoms with Crippen molar-refractivity contribution in [2.24, 2.45) is 0 Å². The first-order valence-electron chi connectivity index (χ1n) is 9.52. The Morgan fingerprint density at radius 1 is 1.28 bits per heavy atom. The summed E-state index contributed by atoms with van der Waals surface area (Å²) in [4.78, 5) is 24.6. The molecule has 0 saturated carbocycles. The number of nitrogens with zero attached hydrogens (tertiary/aromatic N) is 6. The van der Waals surface area contributed by atoms with Gasteiger partial charge in [0.05, 0.1) is 17.9 Å². The SMILES string of the molecule is Cc1nn(C(C)c2ccc(Cl)cc2Cl)c2nc(N3CCN(C=O)[C@@H](C)C3)cnc12. The van der Waals surface area contributed by atoms with E-state index in [1.165, 1.54) is 0 Å². The van der Waals surface area contributed by atoms with Crippen LogP contribution in [0.1, 0.15) is 31.1 Å². The normalized spacial score (nSPS) is 18.3. The second-order valence-electron chi connectivity index (χ2n) is 7.41. The Kier molecular flexibility index (Phi) is 5.36. The lowest BCUT2D eigenvalue weighted by Gasteiger charge is -2.38. The highest BCUT2D eigenvalue weighted by atomic mass is 35.5. The van der Waals surface area contributed by atoms with Gasteiger partial charge in [-0.15, -0.1) is 0 Å². The molecule has 2 atom stereocenters. The number of hydrogen-bond acceptors (Lipinski definition) is 5. The maximum Gasteiger partial charge on any atom is 0.210 e. The highest BCUT2D eigenvalue weighted by Crippen LogP contribution is 2.31. The summed E-state index contributed by atoms with van der Waals surface area (Å²) in [5, 5.41) is 5.87. The number of anilines is 1. The van der Waals surface area contributed by atoms with Crippen LogP contribution in [0.4, 0.5) is 5.82 Å². The fourth-order valence-corrected chi connectivity index (χ4v) is 4.34. The third-order valence-electron chi connectivity index (χ3n) is 5.48. The molecule has 1 amide bonds. The Morgan fingerprint density at radius 3 is 2.76 bits per heavy atom. The summed E-state index contributed by atoms with van der Waals surface area (Å²) in [6.07, 6.45) is 2.69. The topological polar surface area (TPSA) is 67.2 Å². The summed E-state index contributed by atoms with van der Waals surface area (Å²) >= 11 is 12.5. The molecule has 1 aliphatic rings. The van der Waals surface area contributed by atoms with Crippen LogP contribution in [0.25, 0.3) is 11.2 Å². The zero-order valence-electron chi connectivity index (χ0n) is 16.5. The predicted molar refractivity (Wildman–Crippen MR) is 115 cm³/mol. The van der Waals surface area contributed by atoms with Crippen molar-refractivity contribution in [1.82, 2.24) is 24.6 Å². The smallest absolute Gasteiger partial charge is 0.210 e. The molecule has 1 aromatic carbocycles. The molecule has 0 radical (unpaired) electrons. The van der Waals surface area contributed by atoms with Crippen LogP contribution in [0, 0.1) is 6.92 Å². The van der Waals surface area contributed by atoms with Gasteiger partial charge in [-0.1, -0.05) is 29.3 Å². The van der Waals surface area contributed by atoms with E-state index in [1.807, 2.05) is 42.5 Å². The van der Waals surface area contributed by atoms with E-state index in [9.17, 15) is 4.79 Å². The van der Waals surface area contributed by atoms with Gasteiger partial charge < -0.3 is 9.80 Å². The van der Waals surface area contributed by atoms with Crippen molar-refractivity contribution in [3.05, 3.63) is 45.7 Å². The van der Waals surface area contributed by atoms with Crippen LogP contribution in [-0.4, -0.2) is 56.7 Å². The number of fused-ring (bicyclic) bond motifs is 1. The maximum absolute atomic E-state index is 11.1. The van der Waals surface area contributed by atoms with Crippen LogP contribution < -0.4 is 4.90 Å². The van der Waals surface area contributed by atoms with Gasteiger partial charge in [-0.05, 0) is 38.5 Å². The van der Waals surface area contributed by atoms with E-state index >= 15 is 0 Å². The van der Waals surface area contributed by atoms with Gasteiger partial charge in [0.25, 0.3) is 0 Å². The van der Waals surface area contributed by atoms with Gasteiger partial charge in [0.15, 0.2) is 5.65 Å². The van der Waals surface area contributed by atoms with Crippen molar-refractivity contribution in [1.29, 1.82) is 0 Å². The van der Waals surface area contributed by atoms with Gasteiger partial charge in [0.1, 0.15) is 11.3 Å². The number of carbonyl (C=O) groups is 1. The number of amides is 1. The van der Waals surface area contributed by atoms with Crippen molar-refractivity contribution >= 4 is 46.6 Å². The predicted octanol–water partition coefficient (Wildman–Crippen LogP) is 3.72. The molecule has 0 spiro atoms. The fraction of sp³-hybridized carbons (Fsp3) is 0.400. The van der Waals surface area contributed by atoms with E-state index in [1.54, 1.807) is 12.3 Å². The Morgan fingerprint density at radius 2 is 2.07 bits per heavy atom. The molecule has 0 bridgehead atoms. The van der Waals surface area contributed by atoms with Crippen LogP contribution in [0.3, 0.4) is 0 Å². The molecule has 29 heavy (non-hydrogen) atoms. The van der Waals surface area contributed by atoms with Crippen LogP contribution in [0.2, 0.25) is 10.0 Å². The molecule has 0 N–H and O–H groups in total. The highest BCUT2D eigenvalue weighted by molar-refractivity contribution is 6.35. The molecule has 9 heteroatoms. The molecule has 1 saturated heterocycles. The van der Waals surface area contributed by atoms with Crippen LogP contribution in [-0.2, 0) is 4.79 Å². The highest BCUT2D eigenvalue weighted by Gasteiger charge is 2.25. The number of halogens is 2. The second kappa shape index (κ2) is 7.80. The van der Waals surface area contributed by atoms with Crippen LogP contribution in [0.15, 0.2) is 24.4 Å². The Bertz CT molecular complexity index is 1070. The zero-order chi connectivity index (χ0) is 20.7. The third kappa shape index (κ3) is 3.65. The Hall–Kier alpha value is -2.38. The van der Waals surface area contributed by atoms with Gasteiger partial charge in [0.2, 0.25) is 6.41 Å². The monoisotopic (exact) mass is 432 g/mol. The van der Waals surface area contributed by atoms with Crippen LogP contribution >= 0.6 is 23.2 Å². The molecule has 2 aromatic heterocycles. The van der Waals surface area contributed by atoms with Crippen molar-refractivity contribution < 1.29 is 4.79 Å². The van der Waals surface area contributed by atoms with Crippen molar-refractivity contribution in [2.75, 3.05) is 24.5 Å². The number of hydrogen-bond donors (Lipinski definition) is 0. The number of piperazine rings is 1. The first-order valence-corrected chi connectivity index (χ1v) is 10.3. The van der Waals surface area contributed by atoms with Crippen molar-refractivity contribution in [2.45, 2.75) is 32.9 Å². The molecule has 0 aliphatic carbocycles. The van der Waals surface area contributed by atoms with Gasteiger partial charge in [0, 0.05) is 35.7 Å². The van der Waals surface area contributed by atoms with Gasteiger partial charge in [-0.3, -0.25) is 4.79 Å². The molecule has 3 aromatic rings. The number of aromatic nitrogens is 4. The summed E-state index contributed by atoms with van der Waals surface area (Å²) in [5.41, 5.74) is 3.21. The summed E-state index contributed by atoms with van der Waals surface area (Å²) in [6, 6.07) is 5.46. The Balaban J connectivity index is 1.72. The molecule has 7 nitrogen and oxygen atoms in total. The van der Waals surface area contributed by atoms with E-state index in [0.717, 1.165) is 35.5 Å². The van der Waals surface area contributed by atoms with Gasteiger partial charge >= 0.3 is 0 Å². The maximum atomic E-state index is 11.1. The first-order chi connectivity index (χ1) is 13.9. The number of carbonyl (C=O) groups excluding carboxylic acids is 1. The average molecular weight is 433 g/mol. The molecule has 1 unspecified atom stereocenters. The molecule has 3 heterocycles. The number of aryl methyl sites for hydroxylation is 1. The minimum Gasteiger partial charge on any atom is -0.351 e. The molecular formula is C20H22Cl2N6O. The van der Waals surface area contributed by atoms with Gasteiger partial charge in [-0.25, -0.2) is 14.6 Å². The summed E-state index contributed by atoms with van der Waals surface area (Å²) in [7, 11) is 0. The minimum absolute atomic E-state index is 0.122. The quantitative estimate of drug-likeness (QED) is 0.587. The third-order valence-corrected chi connectivity index (χ3v) is 6.04. The van der Waals surface area contributed by atoms with Crippen molar-refractivity contribution in [3.8, 4) is 0 Å². The molecule has 4 rings (SSSR count). The van der Waals surface area contributed by atoms with E-state index in [4.69, 9.17) is 28.2 Å². The lowest BCUT2D eigenvalue weighted by molar-refractivity contribution is -0.120. The van der Waals surface area contributed by atoms with E-state index in [0.29, 0.717) is 28.8 Å². The first kappa shape index (κ1) is 19.9. The minimum atomic E-state index is -0.133. The van der Waals surface area contributed by atoms with Crippen LogP contribution in [0.5, 0.6) is 0 Å². The molecule has 1 fully saturated rings. The van der Waals surface area contributed by atoms with E-state index in [-0.39, 0.29) is 12.1 Å². The average Bonchev–Trinajstić information content (AvgIpc) is 3.03. The summed E-state index contributed by atoms with van der Waals surface area (Å²) in [5.74, 6) is 0.783. The van der Waals surface area contributed by atoms with Crippen molar-refractivity contribution in [3.63, 3.8) is 0 Å². The lowest BCUT2D eigenvalue weighted by atomic mass is 10.1. The fourth-order valence-electron chi connectivity index (χ4n) is 3.77. The Labute approximate surface area is 179 Å². The number of benzene rings is 1. The summed E-state index contributed by atoms with van der Waals surface area (Å²) < 4.78 is 1.86. The molecule has 1 aliphatic heterocycles. The lowest BCUT2D eigenvalue weighted by Crippen LogP contribution is -2.51. The second-order valence-corrected chi connectivity index (χ2v) is 8.25. The molecule has 152 valence electrons. The largest absolute Gasteiger partial charge is 0.351 e. The summed E-state index contributed by atoms with van der Waals surface area (Å²) in [6.45, 7) is 8.08. The number of rotatable bonds is 4. The van der Waals surface area contributed by atoms with E-state index in [2.05, 4.69) is 15.0 Å². The standard InChI is InChI=1S/C20H22Cl2N6O/c1-12-10-26(6-7-27(12)11-29)18-9-23-19-13(2)25-28(20(19)24-18)14(3)16-5-4-15(21)8-17(16)22/h4-5,8-9,11-12,14H,6-7,10H2,1-3H3/t12-,14?/m0/s1. The molecular weight excluding hydrogens is 411 g/mol. The van der Waals surface area contributed by atoms with Gasteiger partial charge in [-0.2, -0.15) is 5.10 Å².